The van der Waals surface area contributed by atoms with Crippen molar-refractivity contribution in [2.45, 2.75) is 13.0 Å². The number of hydrogen-bond acceptors (Lipinski definition) is 4. The first-order chi connectivity index (χ1) is 11.0. The summed E-state index contributed by atoms with van der Waals surface area (Å²) in [6, 6.07) is 2.80. The lowest BCUT2D eigenvalue weighted by molar-refractivity contribution is 0.0726. The van der Waals surface area contributed by atoms with Crippen LogP contribution in [0.3, 0.4) is 0 Å². The summed E-state index contributed by atoms with van der Waals surface area (Å²) in [4.78, 5) is 32.8. The lowest BCUT2D eigenvalue weighted by Gasteiger charge is -2.28. The molecule has 0 saturated carbocycles. The lowest BCUT2D eigenvalue weighted by Crippen LogP contribution is -2.37. The van der Waals surface area contributed by atoms with Gasteiger partial charge >= 0.3 is 0 Å². The summed E-state index contributed by atoms with van der Waals surface area (Å²) < 4.78 is 26.7. The largest absolute Gasteiger partial charge is 0.363 e. The van der Waals surface area contributed by atoms with Crippen molar-refractivity contribution in [3.8, 4) is 0 Å². The van der Waals surface area contributed by atoms with Crippen molar-refractivity contribution in [1.29, 1.82) is 0 Å². The van der Waals surface area contributed by atoms with Gasteiger partial charge in [-0.05, 0) is 24.1 Å². The molecule has 1 aromatic carbocycles. The predicted octanol–water partition coefficient (Wildman–Crippen LogP) is 1.05. The number of halogens is 2. The van der Waals surface area contributed by atoms with E-state index >= 15 is 0 Å². The van der Waals surface area contributed by atoms with Gasteiger partial charge in [-0.15, -0.1) is 0 Å². The molecule has 2 amide bonds. The monoisotopic (exact) mass is 318 g/mol. The van der Waals surface area contributed by atoms with Crippen molar-refractivity contribution in [2.24, 2.45) is 5.73 Å². The number of fused-ring (bicyclic) bond motifs is 1. The molecule has 0 saturated heterocycles. The second-order valence-corrected chi connectivity index (χ2v) is 5.13. The number of carbonyl (C=O) groups excluding carboxylic acids is 2. The van der Waals surface area contributed by atoms with E-state index in [1.165, 1.54) is 11.1 Å². The van der Waals surface area contributed by atoms with Crippen LogP contribution in [0.2, 0.25) is 0 Å². The van der Waals surface area contributed by atoms with Crippen LogP contribution in [0.1, 0.15) is 32.2 Å². The van der Waals surface area contributed by atoms with E-state index in [2.05, 4.69) is 9.97 Å². The number of amides is 2. The Morgan fingerprint density at radius 1 is 1.26 bits per heavy atom. The van der Waals surface area contributed by atoms with Crippen LogP contribution in [0, 0.1) is 11.6 Å². The number of aromatic nitrogens is 2. The maximum atomic E-state index is 13.7. The zero-order chi connectivity index (χ0) is 16.6. The first-order valence-corrected chi connectivity index (χ1v) is 6.84. The number of nitrogens with zero attached hydrogens (tertiary/aromatic N) is 3. The van der Waals surface area contributed by atoms with Gasteiger partial charge in [0.15, 0.2) is 0 Å². The van der Waals surface area contributed by atoms with Crippen LogP contribution in [-0.4, -0.2) is 33.2 Å². The molecule has 0 unspecified atom stereocenters. The van der Waals surface area contributed by atoms with Crippen molar-refractivity contribution in [2.75, 3.05) is 6.54 Å². The molecule has 0 spiro atoms. The molecule has 6 nitrogen and oxygen atoms in total. The average Bonchev–Trinajstić information content (AvgIpc) is 2.53. The van der Waals surface area contributed by atoms with Gasteiger partial charge in [-0.3, -0.25) is 9.59 Å². The summed E-state index contributed by atoms with van der Waals surface area (Å²) in [6.45, 7) is 0.454. The summed E-state index contributed by atoms with van der Waals surface area (Å²) >= 11 is 0. The number of primary amides is 1. The average molecular weight is 318 g/mol. The molecule has 8 heteroatoms. The third kappa shape index (κ3) is 2.87. The summed E-state index contributed by atoms with van der Waals surface area (Å²) in [5, 5.41) is 0. The summed E-state index contributed by atoms with van der Waals surface area (Å²) in [6.07, 6.45) is 1.98. The highest BCUT2D eigenvalue weighted by molar-refractivity contribution is 5.94. The van der Waals surface area contributed by atoms with Crippen molar-refractivity contribution >= 4 is 11.8 Å². The number of hydrogen-bond donors (Lipinski definition) is 1. The second kappa shape index (κ2) is 5.71. The fraction of sp³-hybridized carbons (Fsp3) is 0.200. The van der Waals surface area contributed by atoms with Crippen LogP contribution in [0.25, 0.3) is 0 Å². The summed E-state index contributed by atoms with van der Waals surface area (Å²) in [5.41, 5.74) is 6.23. The van der Waals surface area contributed by atoms with E-state index in [-0.39, 0.29) is 17.9 Å². The molecule has 1 aliphatic heterocycles. The Morgan fingerprint density at radius 3 is 2.74 bits per heavy atom. The number of rotatable bonds is 2. The van der Waals surface area contributed by atoms with E-state index in [0.717, 1.165) is 17.7 Å². The van der Waals surface area contributed by atoms with Gasteiger partial charge in [0.1, 0.15) is 11.6 Å². The molecule has 1 aliphatic rings. The predicted molar refractivity (Wildman–Crippen MR) is 75.4 cm³/mol. The highest BCUT2D eigenvalue weighted by atomic mass is 19.1. The van der Waals surface area contributed by atoms with Gasteiger partial charge in [0.05, 0.1) is 17.8 Å². The van der Waals surface area contributed by atoms with Crippen molar-refractivity contribution in [3.63, 3.8) is 0 Å². The molecule has 0 radical (unpaired) electrons. The topological polar surface area (TPSA) is 89.2 Å². The van der Waals surface area contributed by atoms with Crippen LogP contribution in [0.5, 0.6) is 0 Å². The molecular formula is C15H12F2N4O2. The minimum Gasteiger partial charge on any atom is -0.363 e. The van der Waals surface area contributed by atoms with Crippen molar-refractivity contribution in [3.05, 3.63) is 58.7 Å². The van der Waals surface area contributed by atoms with Crippen molar-refractivity contribution < 1.29 is 18.4 Å². The van der Waals surface area contributed by atoms with E-state index in [1.54, 1.807) is 0 Å². The van der Waals surface area contributed by atoms with Gasteiger partial charge in [-0.1, -0.05) is 0 Å². The Labute approximate surface area is 130 Å². The highest BCUT2D eigenvalue weighted by Crippen LogP contribution is 2.20. The Bertz CT molecular complexity index is 810. The molecule has 3 rings (SSSR count). The molecule has 23 heavy (non-hydrogen) atoms. The SMILES string of the molecule is NC(=O)c1ncc2c(n1)CN(C(=O)c1ccc(F)cc1F)CC2. The smallest absolute Gasteiger partial charge is 0.286 e. The van der Waals surface area contributed by atoms with Gasteiger partial charge in [-0.25, -0.2) is 18.7 Å². The van der Waals surface area contributed by atoms with E-state index < -0.39 is 23.4 Å². The molecule has 0 bridgehead atoms. The highest BCUT2D eigenvalue weighted by Gasteiger charge is 2.25. The van der Waals surface area contributed by atoms with Crippen LogP contribution in [0.4, 0.5) is 8.78 Å². The van der Waals surface area contributed by atoms with Crippen LogP contribution in [0.15, 0.2) is 24.4 Å². The molecule has 2 N–H and O–H groups in total. The quantitative estimate of drug-likeness (QED) is 0.896. The maximum Gasteiger partial charge on any atom is 0.286 e. The minimum atomic E-state index is -0.915. The van der Waals surface area contributed by atoms with E-state index in [1.807, 2.05) is 0 Å². The van der Waals surface area contributed by atoms with Crippen molar-refractivity contribution in [1.82, 2.24) is 14.9 Å². The third-order valence-corrected chi connectivity index (χ3v) is 3.62. The van der Waals surface area contributed by atoms with Crippen LogP contribution in [-0.2, 0) is 13.0 Å². The molecule has 0 aliphatic carbocycles. The lowest BCUT2D eigenvalue weighted by atomic mass is 10.1. The molecule has 1 aromatic heterocycles. The standard InChI is InChI=1S/C15H12F2N4O2/c16-9-1-2-10(11(17)5-9)15(23)21-4-3-8-6-19-14(13(18)22)20-12(8)7-21/h1-2,5-6H,3-4,7H2,(H2,18,22). The summed E-state index contributed by atoms with van der Waals surface area (Å²) in [5.74, 6) is -3.12. The molecule has 2 heterocycles. The van der Waals surface area contributed by atoms with E-state index in [9.17, 15) is 18.4 Å². The number of benzene rings is 1. The Hall–Kier alpha value is -2.90. The number of nitrogens with two attached hydrogens (primary N) is 1. The normalized spacial score (nSPS) is 13.6. The van der Waals surface area contributed by atoms with Gasteiger partial charge in [0.25, 0.3) is 11.8 Å². The van der Waals surface area contributed by atoms with Gasteiger partial charge in [0, 0.05) is 18.8 Å². The Kier molecular flexibility index (Phi) is 3.73. The molecule has 2 aromatic rings. The van der Waals surface area contributed by atoms with Gasteiger partial charge in [0.2, 0.25) is 5.82 Å². The second-order valence-electron chi connectivity index (χ2n) is 5.13. The minimum absolute atomic E-state index is 0.105. The Morgan fingerprint density at radius 2 is 2.04 bits per heavy atom. The van der Waals surface area contributed by atoms with E-state index in [4.69, 9.17) is 5.73 Å². The first kappa shape index (κ1) is 15.0. The molecule has 118 valence electrons. The maximum absolute atomic E-state index is 13.7. The van der Waals surface area contributed by atoms with Gasteiger partial charge < -0.3 is 10.6 Å². The molecular weight excluding hydrogens is 306 g/mol. The van der Waals surface area contributed by atoms with Crippen LogP contribution >= 0.6 is 0 Å². The first-order valence-electron chi connectivity index (χ1n) is 6.84. The zero-order valence-corrected chi connectivity index (χ0v) is 11.9. The molecule has 0 atom stereocenters. The summed E-state index contributed by atoms with van der Waals surface area (Å²) in [7, 11) is 0. The van der Waals surface area contributed by atoms with Crippen LogP contribution < -0.4 is 5.73 Å². The fourth-order valence-electron chi connectivity index (χ4n) is 2.43. The van der Waals surface area contributed by atoms with E-state index in [0.29, 0.717) is 24.7 Å². The third-order valence-electron chi connectivity index (χ3n) is 3.62. The fourth-order valence-corrected chi connectivity index (χ4v) is 2.43. The number of carbonyl (C=O) groups is 2. The Balaban J connectivity index is 1.87. The molecule has 0 fully saturated rings. The van der Waals surface area contributed by atoms with Gasteiger partial charge in [-0.2, -0.15) is 0 Å². The zero-order valence-electron chi connectivity index (χ0n) is 11.9.